The maximum absolute atomic E-state index is 12.2. The van der Waals surface area contributed by atoms with Gasteiger partial charge in [0.05, 0.1) is 6.10 Å². The zero-order chi connectivity index (χ0) is 14.9. The molecule has 0 N–H and O–H groups in total. The van der Waals surface area contributed by atoms with Gasteiger partial charge in [0.25, 0.3) is 0 Å². The zero-order valence-electron chi connectivity index (χ0n) is 13.3. The van der Waals surface area contributed by atoms with Gasteiger partial charge >= 0.3 is 0 Å². The topological polar surface area (TPSA) is 26.3 Å². The fourth-order valence-corrected chi connectivity index (χ4v) is 2.51. The van der Waals surface area contributed by atoms with Crippen LogP contribution in [0.5, 0.6) is 5.75 Å². The normalized spacial score (nSPS) is 14.1. The third-order valence-corrected chi connectivity index (χ3v) is 3.99. The molecule has 21 heavy (non-hydrogen) atoms. The van der Waals surface area contributed by atoms with Gasteiger partial charge in [0, 0.05) is 12.0 Å². The largest absolute Gasteiger partial charge is 0.490 e. The van der Waals surface area contributed by atoms with E-state index < -0.39 is 0 Å². The van der Waals surface area contributed by atoms with Crippen LogP contribution in [-0.2, 0) is 0 Å². The van der Waals surface area contributed by atoms with Gasteiger partial charge in [-0.05, 0) is 31.4 Å². The number of Topliss-reactive ketones (excluding diaryl/α,β-unsaturated/α-hetero) is 1. The molecule has 116 valence electrons. The summed E-state index contributed by atoms with van der Waals surface area (Å²) in [7, 11) is 0. The Kier molecular flexibility index (Phi) is 6.78. The maximum atomic E-state index is 12.2. The van der Waals surface area contributed by atoms with Crippen LogP contribution in [0.1, 0.15) is 81.5 Å². The number of unbranched alkanes of at least 4 members (excludes halogenated alkanes) is 6. The van der Waals surface area contributed by atoms with Gasteiger partial charge in [-0.1, -0.05) is 57.6 Å². The third-order valence-electron chi connectivity index (χ3n) is 3.99. The molecule has 2 heteroatoms. The second-order valence-electron chi connectivity index (χ2n) is 6.14. The minimum absolute atomic E-state index is 0.254. The molecule has 0 aliphatic heterocycles. The molecule has 0 heterocycles. The minimum atomic E-state index is 0.254. The first kappa shape index (κ1) is 16.1. The van der Waals surface area contributed by atoms with Crippen LogP contribution in [0.25, 0.3) is 0 Å². The Hall–Kier alpha value is -1.31. The van der Waals surface area contributed by atoms with Gasteiger partial charge < -0.3 is 4.74 Å². The van der Waals surface area contributed by atoms with Crippen LogP contribution < -0.4 is 4.74 Å². The van der Waals surface area contributed by atoms with Crippen molar-refractivity contribution in [3.63, 3.8) is 0 Å². The SMILES string of the molecule is CCCCCCCCCC(=O)c1cccc(OC2CC2)c1. The maximum Gasteiger partial charge on any atom is 0.163 e. The number of hydrogen-bond donors (Lipinski definition) is 0. The molecule has 1 aliphatic rings. The average molecular weight is 288 g/mol. The van der Waals surface area contributed by atoms with Gasteiger partial charge in [-0.15, -0.1) is 0 Å². The fraction of sp³-hybridized carbons (Fsp3) is 0.632. The molecule has 1 saturated carbocycles. The van der Waals surface area contributed by atoms with E-state index in [1.54, 1.807) is 0 Å². The number of carbonyl (C=O) groups excluding carboxylic acids is 1. The first-order chi connectivity index (χ1) is 10.3. The second kappa shape index (κ2) is 8.86. The first-order valence-electron chi connectivity index (χ1n) is 8.59. The molecule has 1 fully saturated rings. The summed E-state index contributed by atoms with van der Waals surface area (Å²) in [5.74, 6) is 1.10. The summed E-state index contributed by atoms with van der Waals surface area (Å²) in [5.41, 5.74) is 0.805. The molecule has 0 saturated heterocycles. The molecule has 0 radical (unpaired) electrons. The predicted octanol–water partition coefficient (Wildman–Crippen LogP) is 5.55. The van der Waals surface area contributed by atoms with Gasteiger partial charge in [-0.3, -0.25) is 4.79 Å². The van der Waals surface area contributed by atoms with E-state index >= 15 is 0 Å². The Morgan fingerprint density at radius 2 is 1.81 bits per heavy atom. The highest BCUT2D eigenvalue weighted by molar-refractivity contribution is 5.96. The summed E-state index contributed by atoms with van der Waals surface area (Å²) in [6.07, 6.45) is 12.1. The Morgan fingerprint density at radius 3 is 2.52 bits per heavy atom. The zero-order valence-corrected chi connectivity index (χ0v) is 13.3. The van der Waals surface area contributed by atoms with Crippen molar-refractivity contribution in [3.8, 4) is 5.75 Å². The number of rotatable bonds is 11. The van der Waals surface area contributed by atoms with Crippen LogP contribution in [0.4, 0.5) is 0 Å². The van der Waals surface area contributed by atoms with Crippen molar-refractivity contribution in [1.29, 1.82) is 0 Å². The minimum Gasteiger partial charge on any atom is -0.490 e. The molecular weight excluding hydrogens is 260 g/mol. The van der Waals surface area contributed by atoms with Crippen LogP contribution in [0.3, 0.4) is 0 Å². The monoisotopic (exact) mass is 288 g/mol. The molecule has 0 aromatic heterocycles. The summed E-state index contributed by atoms with van der Waals surface area (Å²) in [4.78, 5) is 12.2. The van der Waals surface area contributed by atoms with Crippen molar-refractivity contribution < 1.29 is 9.53 Å². The van der Waals surface area contributed by atoms with Crippen LogP contribution in [0, 0.1) is 0 Å². The van der Waals surface area contributed by atoms with Gasteiger partial charge in [-0.2, -0.15) is 0 Å². The molecule has 0 bridgehead atoms. The van der Waals surface area contributed by atoms with Crippen LogP contribution in [-0.4, -0.2) is 11.9 Å². The number of hydrogen-bond acceptors (Lipinski definition) is 2. The molecule has 0 amide bonds. The number of carbonyl (C=O) groups is 1. The predicted molar refractivity (Wildman–Crippen MR) is 87.0 cm³/mol. The van der Waals surface area contributed by atoms with Crippen molar-refractivity contribution >= 4 is 5.78 Å². The summed E-state index contributed by atoms with van der Waals surface area (Å²) < 4.78 is 5.74. The van der Waals surface area contributed by atoms with E-state index in [1.807, 2.05) is 24.3 Å². The summed E-state index contributed by atoms with van der Waals surface area (Å²) >= 11 is 0. The average Bonchev–Trinajstić information content (AvgIpc) is 3.30. The van der Waals surface area contributed by atoms with Crippen LogP contribution >= 0.6 is 0 Å². The number of ether oxygens (including phenoxy) is 1. The van der Waals surface area contributed by atoms with Crippen LogP contribution in [0.15, 0.2) is 24.3 Å². The molecule has 1 aromatic carbocycles. The third kappa shape index (κ3) is 6.33. The van der Waals surface area contributed by atoms with Crippen molar-refractivity contribution in [2.75, 3.05) is 0 Å². The fourth-order valence-electron chi connectivity index (χ4n) is 2.51. The summed E-state index contributed by atoms with van der Waals surface area (Å²) in [6.45, 7) is 2.24. The molecule has 1 aromatic rings. The standard InChI is InChI=1S/C19H28O2/c1-2-3-4-5-6-7-8-12-19(20)16-10-9-11-18(15-16)21-17-13-14-17/h9-11,15,17H,2-8,12-14H2,1H3. The molecule has 1 aliphatic carbocycles. The molecule has 2 rings (SSSR count). The smallest absolute Gasteiger partial charge is 0.163 e. The van der Waals surface area contributed by atoms with Gasteiger partial charge in [-0.25, -0.2) is 0 Å². The van der Waals surface area contributed by atoms with Gasteiger partial charge in [0.2, 0.25) is 0 Å². The Bertz CT molecular complexity index is 435. The van der Waals surface area contributed by atoms with E-state index in [2.05, 4.69) is 6.92 Å². The highest BCUT2D eigenvalue weighted by Gasteiger charge is 2.23. The van der Waals surface area contributed by atoms with Crippen molar-refractivity contribution in [2.24, 2.45) is 0 Å². The highest BCUT2D eigenvalue weighted by atomic mass is 16.5. The molecule has 0 spiro atoms. The number of ketones is 1. The van der Waals surface area contributed by atoms with E-state index in [4.69, 9.17) is 4.74 Å². The molecule has 0 unspecified atom stereocenters. The van der Waals surface area contributed by atoms with E-state index in [0.29, 0.717) is 12.5 Å². The highest BCUT2D eigenvalue weighted by Crippen LogP contribution is 2.27. The van der Waals surface area contributed by atoms with Gasteiger partial charge in [0.15, 0.2) is 5.78 Å². The Morgan fingerprint density at radius 1 is 1.10 bits per heavy atom. The van der Waals surface area contributed by atoms with Crippen molar-refractivity contribution in [1.82, 2.24) is 0 Å². The Labute approximate surface area is 128 Å². The van der Waals surface area contributed by atoms with Crippen LogP contribution in [0.2, 0.25) is 0 Å². The second-order valence-corrected chi connectivity index (χ2v) is 6.14. The lowest BCUT2D eigenvalue weighted by Gasteiger charge is -2.06. The van der Waals surface area contributed by atoms with Crippen molar-refractivity contribution in [2.45, 2.75) is 77.2 Å². The number of benzene rings is 1. The van der Waals surface area contributed by atoms with E-state index in [0.717, 1.165) is 30.6 Å². The summed E-state index contributed by atoms with van der Waals surface area (Å²) in [6, 6.07) is 7.68. The lowest BCUT2D eigenvalue weighted by Crippen LogP contribution is -2.01. The molecule has 2 nitrogen and oxygen atoms in total. The molecule has 0 atom stereocenters. The van der Waals surface area contributed by atoms with Crippen molar-refractivity contribution in [3.05, 3.63) is 29.8 Å². The first-order valence-corrected chi connectivity index (χ1v) is 8.59. The van der Waals surface area contributed by atoms with E-state index in [9.17, 15) is 4.79 Å². The summed E-state index contributed by atoms with van der Waals surface area (Å²) in [5, 5.41) is 0. The Balaban J connectivity index is 1.65. The lowest BCUT2D eigenvalue weighted by atomic mass is 10.0. The van der Waals surface area contributed by atoms with Gasteiger partial charge in [0.1, 0.15) is 5.75 Å². The lowest BCUT2D eigenvalue weighted by molar-refractivity contribution is 0.0978. The van der Waals surface area contributed by atoms with E-state index in [1.165, 1.54) is 38.5 Å². The van der Waals surface area contributed by atoms with E-state index in [-0.39, 0.29) is 5.78 Å². The quantitative estimate of drug-likeness (QED) is 0.394. The molecular formula is C19H28O2.